The monoisotopic (exact) mass is 468 g/mol. The van der Waals surface area contributed by atoms with Crippen LogP contribution in [-0.4, -0.2) is 24.5 Å². The molecule has 2 aromatic carbocycles. The van der Waals surface area contributed by atoms with Crippen molar-refractivity contribution in [3.8, 4) is 5.69 Å². The molecular weight excluding hydrogens is 454 g/mol. The molecule has 0 radical (unpaired) electrons. The van der Waals surface area contributed by atoms with Crippen molar-refractivity contribution < 1.29 is 4.39 Å². The third-order valence-electron chi connectivity index (χ3n) is 5.21. The predicted octanol–water partition coefficient (Wildman–Crippen LogP) is 5.28. The van der Waals surface area contributed by atoms with Crippen LogP contribution in [0.15, 0.2) is 59.9 Å². The van der Waals surface area contributed by atoms with E-state index in [0.717, 1.165) is 0 Å². The molecule has 0 bridgehead atoms. The number of aromatic nitrogens is 5. The highest BCUT2D eigenvalue weighted by molar-refractivity contribution is 6.37. The first-order chi connectivity index (χ1) is 15.5. The average Bonchev–Trinajstić information content (AvgIpc) is 3.24. The van der Waals surface area contributed by atoms with Gasteiger partial charge in [0.2, 0.25) is 0 Å². The first-order valence-corrected chi connectivity index (χ1v) is 10.4. The number of halogens is 3. The Hall–Kier alpha value is -3.49. The Morgan fingerprint density at radius 1 is 1.09 bits per heavy atom. The van der Waals surface area contributed by atoms with Gasteiger partial charge in [-0.2, -0.15) is 0 Å². The maximum absolute atomic E-state index is 14.6. The van der Waals surface area contributed by atoms with Crippen LogP contribution in [0.25, 0.3) is 27.6 Å². The molecule has 7 nitrogen and oxygen atoms in total. The third kappa shape index (κ3) is 3.28. The SMILES string of the molecule is C[C@@H](Nc1ncnc2nc[nH]c12)c1cc2cccc(F)c2c(=O)n1-c1c(Cl)cccc1Cl. The van der Waals surface area contributed by atoms with Gasteiger partial charge in [0.05, 0.1) is 33.5 Å². The first-order valence-electron chi connectivity index (χ1n) is 9.65. The van der Waals surface area contributed by atoms with E-state index < -0.39 is 17.4 Å². The van der Waals surface area contributed by atoms with Crippen molar-refractivity contribution in [2.45, 2.75) is 13.0 Å². The maximum Gasteiger partial charge on any atom is 0.266 e. The quantitative estimate of drug-likeness (QED) is 0.374. The standard InChI is InChI=1S/C22H15Cl2FN6O/c1-11(30-21-18-20(27-9-26-18)28-10-29-21)16-8-12-4-2-7-15(25)17(12)22(32)31(16)19-13(23)5-3-6-14(19)24/h2-11H,1H3,(H2,26,27,28,29,30)/t11-/m1/s1. The molecule has 0 saturated heterocycles. The summed E-state index contributed by atoms with van der Waals surface area (Å²) in [6.45, 7) is 1.85. The van der Waals surface area contributed by atoms with Crippen molar-refractivity contribution in [1.82, 2.24) is 24.5 Å². The number of anilines is 1. The number of aromatic amines is 1. The number of rotatable bonds is 4. The highest BCUT2D eigenvalue weighted by atomic mass is 35.5. The van der Waals surface area contributed by atoms with Gasteiger partial charge in [-0.05, 0) is 36.6 Å². The predicted molar refractivity (Wildman–Crippen MR) is 123 cm³/mol. The molecular formula is C22H15Cl2FN6O. The van der Waals surface area contributed by atoms with Gasteiger partial charge >= 0.3 is 0 Å². The van der Waals surface area contributed by atoms with Crippen LogP contribution < -0.4 is 10.9 Å². The molecule has 5 rings (SSSR count). The molecule has 160 valence electrons. The van der Waals surface area contributed by atoms with Crippen LogP contribution in [0.5, 0.6) is 0 Å². The number of hydrogen-bond donors (Lipinski definition) is 2. The van der Waals surface area contributed by atoms with Crippen molar-refractivity contribution >= 4 is 51.0 Å². The largest absolute Gasteiger partial charge is 0.360 e. The Morgan fingerprint density at radius 2 is 1.84 bits per heavy atom. The molecule has 3 aromatic heterocycles. The zero-order valence-electron chi connectivity index (χ0n) is 16.6. The maximum atomic E-state index is 14.6. The summed E-state index contributed by atoms with van der Waals surface area (Å²) in [4.78, 5) is 29.1. The van der Waals surface area contributed by atoms with Crippen LogP contribution in [0.3, 0.4) is 0 Å². The van der Waals surface area contributed by atoms with E-state index in [1.54, 1.807) is 36.4 Å². The summed E-state index contributed by atoms with van der Waals surface area (Å²) >= 11 is 12.9. The lowest BCUT2D eigenvalue weighted by atomic mass is 10.1. The number of nitrogens with one attached hydrogen (secondary N) is 2. The second kappa shape index (κ2) is 7.89. The van der Waals surface area contributed by atoms with Crippen molar-refractivity contribution in [3.63, 3.8) is 0 Å². The third-order valence-corrected chi connectivity index (χ3v) is 5.82. The van der Waals surface area contributed by atoms with E-state index in [1.807, 2.05) is 6.92 Å². The Balaban J connectivity index is 1.76. The Morgan fingerprint density at radius 3 is 2.62 bits per heavy atom. The normalized spacial score (nSPS) is 12.4. The number of hydrogen-bond acceptors (Lipinski definition) is 5. The van der Waals surface area contributed by atoms with Gasteiger partial charge in [0.15, 0.2) is 11.5 Å². The number of pyridine rings is 1. The van der Waals surface area contributed by atoms with Gasteiger partial charge in [-0.15, -0.1) is 0 Å². The van der Waals surface area contributed by atoms with Crippen molar-refractivity contribution in [1.29, 1.82) is 0 Å². The van der Waals surface area contributed by atoms with Gasteiger partial charge in [-0.1, -0.05) is 41.4 Å². The number of fused-ring (bicyclic) bond motifs is 2. The van der Waals surface area contributed by atoms with E-state index in [4.69, 9.17) is 23.2 Å². The Labute approximate surface area is 190 Å². The van der Waals surface area contributed by atoms with E-state index in [-0.39, 0.29) is 21.1 Å². The molecule has 0 saturated carbocycles. The topological polar surface area (TPSA) is 88.5 Å². The minimum absolute atomic E-state index is 0.0440. The molecule has 1 atom stereocenters. The van der Waals surface area contributed by atoms with Crippen molar-refractivity contribution in [2.75, 3.05) is 5.32 Å². The van der Waals surface area contributed by atoms with Gasteiger partial charge in [-0.25, -0.2) is 19.3 Å². The van der Waals surface area contributed by atoms with Gasteiger partial charge in [-0.3, -0.25) is 9.36 Å². The molecule has 0 fully saturated rings. The molecule has 3 heterocycles. The molecule has 0 aliphatic heterocycles. The smallest absolute Gasteiger partial charge is 0.266 e. The highest BCUT2D eigenvalue weighted by Crippen LogP contribution is 2.32. The molecule has 0 spiro atoms. The van der Waals surface area contributed by atoms with E-state index in [9.17, 15) is 9.18 Å². The Kier molecular flexibility index (Phi) is 5.03. The van der Waals surface area contributed by atoms with E-state index >= 15 is 0 Å². The number of H-pyrrole nitrogens is 1. The lowest BCUT2D eigenvalue weighted by Crippen LogP contribution is -2.26. The number of para-hydroxylation sites is 1. The van der Waals surface area contributed by atoms with Gasteiger partial charge < -0.3 is 10.3 Å². The number of benzene rings is 2. The number of imidazole rings is 1. The summed E-state index contributed by atoms with van der Waals surface area (Å²) in [7, 11) is 0. The second-order valence-electron chi connectivity index (χ2n) is 7.17. The van der Waals surface area contributed by atoms with E-state index in [2.05, 4.69) is 25.3 Å². The van der Waals surface area contributed by atoms with Crippen LogP contribution in [0.4, 0.5) is 10.2 Å². The zero-order chi connectivity index (χ0) is 22.4. The van der Waals surface area contributed by atoms with Crippen LogP contribution in [-0.2, 0) is 0 Å². The fourth-order valence-electron chi connectivity index (χ4n) is 3.75. The first kappa shape index (κ1) is 20.4. The van der Waals surface area contributed by atoms with Crippen molar-refractivity contribution in [2.24, 2.45) is 0 Å². The fourth-order valence-corrected chi connectivity index (χ4v) is 4.31. The van der Waals surface area contributed by atoms with Crippen LogP contribution >= 0.6 is 23.2 Å². The zero-order valence-corrected chi connectivity index (χ0v) is 18.1. The number of nitrogens with zero attached hydrogens (tertiary/aromatic N) is 4. The van der Waals surface area contributed by atoms with Gasteiger partial charge in [0.1, 0.15) is 17.7 Å². The lowest BCUT2D eigenvalue weighted by molar-refractivity contribution is 0.637. The van der Waals surface area contributed by atoms with Gasteiger partial charge in [0, 0.05) is 5.69 Å². The van der Waals surface area contributed by atoms with Gasteiger partial charge in [0.25, 0.3) is 5.56 Å². The molecule has 0 aliphatic rings. The Bertz CT molecular complexity index is 1530. The van der Waals surface area contributed by atoms with Crippen LogP contribution in [0.2, 0.25) is 10.0 Å². The lowest BCUT2D eigenvalue weighted by Gasteiger charge is -2.22. The molecule has 0 amide bonds. The van der Waals surface area contributed by atoms with Crippen LogP contribution in [0.1, 0.15) is 18.7 Å². The molecule has 2 N–H and O–H groups in total. The van der Waals surface area contributed by atoms with E-state index in [1.165, 1.54) is 23.3 Å². The molecule has 0 aliphatic carbocycles. The van der Waals surface area contributed by atoms with Crippen molar-refractivity contribution in [3.05, 3.63) is 87.0 Å². The fraction of sp³-hybridized carbons (Fsp3) is 0.0909. The molecule has 0 unspecified atom stereocenters. The second-order valence-corrected chi connectivity index (χ2v) is 7.99. The summed E-state index contributed by atoms with van der Waals surface area (Å²) < 4.78 is 16.0. The molecule has 5 aromatic rings. The summed E-state index contributed by atoms with van der Waals surface area (Å²) in [5.74, 6) is -0.116. The summed E-state index contributed by atoms with van der Waals surface area (Å²) in [6, 6.07) is 10.7. The minimum atomic E-state index is -0.619. The molecule has 10 heteroatoms. The van der Waals surface area contributed by atoms with E-state index in [0.29, 0.717) is 28.1 Å². The summed E-state index contributed by atoms with van der Waals surface area (Å²) in [6.07, 6.45) is 2.92. The molecule has 32 heavy (non-hydrogen) atoms. The highest BCUT2D eigenvalue weighted by Gasteiger charge is 2.22. The summed E-state index contributed by atoms with van der Waals surface area (Å²) in [5.41, 5.74) is 1.37. The summed E-state index contributed by atoms with van der Waals surface area (Å²) in [5, 5.41) is 4.23. The average molecular weight is 469 g/mol. The minimum Gasteiger partial charge on any atom is -0.360 e. The van der Waals surface area contributed by atoms with Crippen LogP contribution in [0, 0.1) is 5.82 Å².